The van der Waals surface area contributed by atoms with Gasteiger partial charge in [0.25, 0.3) is 5.91 Å². The summed E-state index contributed by atoms with van der Waals surface area (Å²) in [4.78, 5) is 22.5. The summed E-state index contributed by atoms with van der Waals surface area (Å²) in [6.07, 6.45) is -4.12. The Bertz CT molecular complexity index is 895. The van der Waals surface area contributed by atoms with Gasteiger partial charge in [-0.25, -0.2) is 18.0 Å². The molecule has 0 unspecified atom stereocenters. The number of alkyl halides is 3. The molecule has 0 aliphatic carbocycles. The Labute approximate surface area is 151 Å². The molecule has 6 nitrogen and oxygen atoms in total. The van der Waals surface area contributed by atoms with Gasteiger partial charge in [-0.2, -0.15) is 18.3 Å². The molecule has 1 aliphatic heterocycles. The smallest absolute Gasteiger partial charge is 0.417 e. The van der Waals surface area contributed by atoms with E-state index in [1.165, 1.54) is 0 Å². The molecule has 0 saturated carbocycles. The van der Waals surface area contributed by atoms with Crippen LogP contribution in [-0.2, 0) is 20.5 Å². The van der Waals surface area contributed by atoms with Crippen LogP contribution in [0.1, 0.15) is 11.1 Å². The third-order valence-electron chi connectivity index (χ3n) is 2.94. The summed E-state index contributed by atoms with van der Waals surface area (Å²) in [6.45, 7) is 0. The van der Waals surface area contributed by atoms with Gasteiger partial charge in [0, 0.05) is 11.6 Å². The molecule has 1 heterocycles. The Morgan fingerprint density at radius 1 is 1.26 bits per heavy atom. The highest BCUT2D eigenvalue weighted by Gasteiger charge is 2.36. The zero-order valence-electron chi connectivity index (χ0n) is 13.0. The highest BCUT2D eigenvalue weighted by Crippen LogP contribution is 2.34. The average molecular weight is 411 g/mol. The molecule has 144 valence electrons. The number of hydrogen-bond acceptors (Lipinski definition) is 6. The van der Waals surface area contributed by atoms with Gasteiger partial charge in [-0.15, -0.1) is 5.10 Å². The van der Waals surface area contributed by atoms with Gasteiger partial charge >= 0.3 is 12.1 Å². The van der Waals surface area contributed by atoms with Crippen LogP contribution in [0.2, 0.25) is 0 Å². The second-order valence-corrected chi connectivity index (χ2v) is 5.71. The maximum Gasteiger partial charge on any atom is 0.417 e. The van der Waals surface area contributed by atoms with E-state index >= 15 is 0 Å². The summed E-state index contributed by atoms with van der Waals surface area (Å²) in [5.41, 5.74) is -3.16. The molecule has 0 radical (unpaired) electrons. The van der Waals surface area contributed by atoms with E-state index in [4.69, 9.17) is 0 Å². The van der Waals surface area contributed by atoms with Crippen LogP contribution in [0.15, 0.2) is 27.3 Å². The fourth-order valence-electron chi connectivity index (χ4n) is 1.75. The van der Waals surface area contributed by atoms with E-state index in [0.29, 0.717) is 11.8 Å². The van der Waals surface area contributed by atoms with Crippen molar-refractivity contribution in [3.8, 4) is 0 Å². The van der Waals surface area contributed by atoms with Gasteiger partial charge in [0.05, 0.1) is 23.8 Å². The standard InChI is InChI=1S/C14H7F6N3O3S/c1-26-9(24)3-8-12(25)22-13(27-8)23-21-4-5-6(14(18,19)20)2-7(15)11(17)10(5)16/h2-4H,1H3,(H,22,23,25)/b8-3+,21-4?. The first-order valence-electron chi connectivity index (χ1n) is 6.69. The van der Waals surface area contributed by atoms with Crippen LogP contribution < -0.4 is 5.32 Å². The number of nitrogens with one attached hydrogen (secondary N) is 1. The number of hydrogen-bond donors (Lipinski definition) is 1. The first kappa shape index (κ1) is 20.5. The molecule has 2 rings (SSSR count). The lowest BCUT2D eigenvalue weighted by molar-refractivity contribution is -0.138. The summed E-state index contributed by atoms with van der Waals surface area (Å²) in [5.74, 6) is -7.81. The zero-order chi connectivity index (χ0) is 20.4. The van der Waals surface area contributed by atoms with E-state index in [1.54, 1.807) is 0 Å². The highest BCUT2D eigenvalue weighted by atomic mass is 32.2. The SMILES string of the molecule is COC(=O)/C=C1/S/C(=N\N=Cc2c(C(F)(F)F)cc(F)c(F)c2F)NC1=O. The van der Waals surface area contributed by atoms with Crippen molar-refractivity contribution in [2.75, 3.05) is 7.11 Å². The minimum absolute atomic E-state index is 0.134. The number of thioether (sulfide) groups is 1. The molecule has 1 saturated heterocycles. The van der Waals surface area contributed by atoms with E-state index in [1.807, 2.05) is 0 Å². The number of amides is 1. The quantitative estimate of drug-likeness (QED) is 0.207. The summed E-state index contributed by atoms with van der Waals surface area (Å²) < 4.78 is 82.8. The summed E-state index contributed by atoms with van der Waals surface area (Å²) in [6, 6.07) is -0.212. The summed E-state index contributed by atoms with van der Waals surface area (Å²) >= 11 is 0.603. The molecule has 13 heteroatoms. The third kappa shape index (κ3) is 4.67. The van der Waals surface area contributed by atoms with Crippen molar-refractivity contribution in [2.24, 2.45) is 10.2 Å². The molecule has 1 aliphatic rings. The van der Waals surface area contributed by atoms with Gasteiger partial charge < -0.3 is 4.74 Å². The molecule has 0 spiro atoms. The van der Waals surface area contributed by atoms with Gasteiger partial charge in [-0.05, 0) is 17.8 Å². The summed E-state index contributed by atoms with van der Waals surface area (Å²) in [7, 11) is 1.07. The molecule has 1 aromatic rings. The fourth-order valence-corrected chi connectivity index (χ4v) is 2.49. The normalized spacial score (nSPS) is 17.8. The number of rotatable bonds is 3. The lowest BCUT2D eigenvalue weighted by Crippen LogP contribution is -2.19. The first-order chi connectivity index (χ1) is 12.5. The second-order valence-electron chi connectivity index (χ2n) is 4.68. The fraction of sp³-hybridized carbons (Fsp3) is 0.143. The number of amidine groups is 1. The van der Waals surface area contributed by atoms with E-state index in [2.05, 4.69) is 20.3 Å². The van der Waals surface area contributed by atoms with Crippen LogP contribution >= 0.6 is 11.8 Å². The molecule has 1 N–H and O–H groups in total. The van der Waals surface area contributed by atoms with Gasteiger partial charge in [-0.3, -0.25) is 10.1 Å². The van der Waals surface area contributed by atoms with E-state index in [-0.39, 0.29) is 22.4 Å². The second kappa shape index (κ2) is 7.82. The Balaban J connectivity index is 2.33. The monoisotopic (exact) mass is 411 g/mol. The highest BCUT2D eigenvalue weighted by molar-refractivity contribution is 8.18. The average Bonchev–Trinajstić information content (AvgIpc) is 2.93. The van der Waals surface area contributed by atoms with Crippen molar-refractivity contribution < 1.29 is 40.7 Å². The number of esters is 1. The maximum atomic E-state index is 13.7. The first-order valence-corrected chi connectivity index (χ1v) is 7.50. The minimum Gasteiger partial charge on any atom is -0.466 e. The molecule has 0 aromatic heterocycles. The van der Waals surface area contributed by atoms with Crippen molar-refractivity contribution in [2.45, 2.75) is 6.18 Å². The van der Waals surface area contributed by atoms with Crippen LogP contribution in [0.25, 0.3) is 0 Å². The predicted molar refractivity (Wildman–Crippen MR) is 82.2 cm³/mol. The van der Waals surface area contributed by atoms with Crippen molar-refractivity contribution in [3.63, 3.8) is 0 Å². The van der Waals surface area contributed by atoms with E-state index < -0.39 is 46.6 Å². The van der Waals surface area contributed by atoms with Gasteiger partial charge in [0.1, 0.15) is 0 Å². The molecule has 27 heavy (non-hydrogen) atoms. The third-order valence-corrected chi connectivity index (χ3v) is 3.84. The molecule has 1 fully saturated rings. The Morgan fingerprint density at radius 2 is 1.93 bits per heavy atom. The van der Waals surface area contributed by atoms with Crippen molar-refractivity contribution in [1.82, 2.24) is 5.32 Å². The van der Waals surface area contributed by atoms with Crippen LogP contribution in [0, 0.1) is 17.5 Å². The van der Waals surface area contributed by atoms with E-state index in [0.717, 1.165) is 13.2 Å². The lowest BCUT2D eigenvalue weighted by atomic mass is 10.1. The molecule has 0 bridgehead atoms. The zero-order valence-corrected chi connectivity index (χ0v) is 13.8. The largest absolute Gasteiger partial charge is 0.466 e. The predicted octanol–water partition coefficient (Wildman–Crippen LogP) is 2.73. The van der Waals surface area contributed by atoms with Crippen molar-refractivity contribution in [1.29, 1.82) is 0 Å². The van der Waals surface area contributed by atoms with Crippen LogP contribution in [0.3, 0.4) is 0 Å². The van der Waals surface area contributed by atoms with Gasteiger partial charge in [0.15, 0.2) is 22.6 Å². The van der Waals surface area contributed by atoms with Gasteiger partial charge in [0.2, 0.25) is 0 Å². The Kier molecular flexibility index (Phi) is 5.93. The molecular weight excluding hydrogens is 404 g/mol. The Morgan fingerprint density at radius 3 is 2.52 bits per heavy atom. The molecule has 1 amide bonds. The van der Waals surface area contributed by atoms with Gasteiger partial charge in [-0.1, -0.05) is 0 Å². The van der Waals surface area contributed by atoms with E-state index in [9.17, 15) is 35.9 Å². The summed E-state index contributed by atoms with van der Waals surface area (Å²) in [5, 5.41) is 8.38. The number of benzene rings is 1. The molecule has 0 atom stereocenters. The lowest BCUT2D eigenvalue weighted by Gasteiger charge is -2.11. The maximum absolute atomic E-state index is 13.7. The molecule has 1 aromatic carbocycles. The number of ether oxygens (including phenoxy) is 1. The number of methoxy groups -OCH3 is 1. The molecular formula is C14H7F6N3O3S. The Hall–Kier alpha value is -2.83. The van der Waals surface area contributed by atoms with Crippen LogP contribution in [0.4, 0.5) is 26.3 Å². The van der Waals surface area contributed by atoms with Crippen LogP contribution in [-0.4, -0.2) is 30.4 Å². The van der Waals surface area contributed by atoms with Crippen molar-refractivity contribution in [3.05, 3.63) is 45.6 Å². The number of halogens is 6. The number of carbonyl (C=O) groups is 2. The number of nitrogens with zero attached hydrogens (tertiary/aromatic N) is 2. The minimum atomic E-state index is -5.18. The van der Waals surface area contributed by atoms with Crippen molar-refractivity contribution >= 4 is 35.0 Å². The topological polar surface area (TPSA) is 80.1 Å². The number of carbonyl (C=O) groups excluding carboxylic acids is 2. The van der Waals surface area contributed by atoms with Crippen LogP contribution in [0.5, 0.6) is 0 Å².